The van der Waals surface area contributed by atoms with Gasteiger partial charge >= 0.3 is 0 Å². The summed E-state index contributed by atoms with van der Waals surface area (Å²) in [6, 6.07) is 10.3. The topological polar surface area (TPSA) is 35.2 Å². The Hall–Kier alpha value is -1.32. The molecule has 0 aliphatic carbocycles. The van der Waals surface area contributed by atoms with Crippen molar-refractivity contribution >= 4 is 15.9 Å². The SMILES string of the molecule is Cc1cc(Br)c(C)c(C)c1OCc1ccc(CN)cc1. The van der Waals surface area contributed by atoms with Crippen molar-refractivity contribution in [3.05, 3.63) is 62.6 Å². The number of hydrogen-bond donors (Lipinski definition) is 1. The van der Waals surface area contributed by atoms with Crippen molar-refractivity contribution in [2.24, 2.45) is 5.73 Å². The van der Waals surface area contributed by atoms with Crippen LogP contribution in [0.5, 0.6) is 5.75 Å². The van der Waals surface area contributed by atoms with E-state index in [1.165, 1.54) is 11.1 Å². The highest BCUT2D eigenvalue weighted by Crippen LogP contribution is 2.32. The van der Waals surface area contributed by atoms with Gasteiger partial charge in [0.05, 0.1) is 0 Å². The molecule has 0 heterocycles. The van der Waals surface area contributed by atoms with Crippen LogP contribution < -0.4 is 10.5 Å². The fourth-order valence-corrected chi connectivity index (χ4v) is 2.80. The molecule has 0 aromatic heterocycles. The van der Waals surface area contributed by atoms with Crippen molar-refractivity contribution < 1.29 is 4.74 Å². The third-order valence-electron chi connectivity index (χ3n) is 3.60. The number of halogens is 1. The summed E-state index contributed by atoms with van der Waals surface area (Å²) in [5, 5.41) is 0. The average molecular weight is 334 g/mol. The summed E-state index contributed by atoms with van der Waals surface area (Å²) in [4.78, 5) is 0. The van der Waals surface area contributed by atoms with E-state index in [0.29, 0.717) is 13.2 Å². The Morgan fingerprint density at radius 3 is 2.20 bits per heavy atom. The Kier molecular flexibility index (Phi) is 4.84. The summed E-state index contributed by atoms with van der Waals surface area (Å²) in [6.07, 6.45) is 0. The molecule has 0 atom stereocenters. The summed E-state index contributed by atoms with van der Waals surface area (Å²) in [5.41, 5.74) is 11.5. The van der Waals surface area contributed by atoms with Crippen LogP contribution in [0.15, 0.2) is 34.8 Å². The van der Waals surface area contributed by atoms with Crippen molar-refractivity contribution in [2.45, 2.75) is 33.9 Å². The van der Waals surface area contributed by atoms with Gasteiger partial charge in [-0.3, -0.25) is 0 Å². The predicted molar refractivity (Wildman–Crippen MR) is 87.0 cm³/mol. The first-order chi connectivity index (χ1) is 9.52. The molecule has 0 amide bonds. The second-order valence-corrected chi connectivity index (χ2v) is 5.92. The molecule has 20 heavy (non-hydrogen) atoms. The molecular formula is C17H20BrNO. The Labute approximate surface area is 129 Å². The van der Waals surface area contributed by atoms with Gasteiger partial charge in [-0.1, -0.05) is 40.2 Å². The number of nitrogens with two attached hydrogens (primary N) is 1. The lowest BCUT2D eigenvalue weighted by Crippen LogP contribution is -2.01. The molecule has 2 N–H and O–H groups in total. The van der Waals surface area contributed by atoms with Gasteiger partial charge < -0.3 is 10.5 Å². The molecule has 0 radical (unpaired) electrons. The van der Waals surface area contributed by atoms with Crippen LogP contribution in [0.3, 0.4) is 0 Å². The lowest BCUT2D eigenvalue weighted by atomic mass is 10.1. The first-order valence-corrected chi connectivity index (χ1v) is 7.49. The minimum absolute atomic E-state index is 0.575. The molecular weight excluding hydrogens is 314 g/mol. The maximum atomic E-state index is 6.01. The third kappa shape index (κ3) is 3.22. The number of benzene rings is 2. The Bertz CT molecular complexity index is 605. The maximum Gasteiger partial charge on any atom is 0.125 e. The van der Waals surface area contributed by atoms with Gasteiger partial charge in [-0.25, -0.2) is 0 Å². The summed E-state index contributed by atoms with van der Waals surface area (Å²) in [6.45, 7) is 7.42. The van der Waals surface area contributed by atoms with Gasteiger partial charge in [0, 0.05) is 11.0 Å². The highest BCUT2D eigenvalue weighted by molar-refractivity contribution is 9.10. The van der Waals surface area contributed by atoms with Crippen LogP contribution in [0.25, 0.3) is 0 Å². The third-order valence-corrected chi connectivity index (χ3v) is 4.43. The van der Waals surface area contributed by atoms with Gasteiger partial charge in [0.15, 0.2) is 0 Å². The zero-order valence-corrected chi connectivity index (χ0v) is 13.8. The van der Waals surface area contributed by atoms with Gasteiger partial charge in [0.1, 0.15) is 12.4 Å². The molecule has 2 nitrogen and oxygen atoms in total. The predicted octanol–water partition coefficient (Wildman–Crippen LogP) is 4.41. The lowest BCUT2D eigenvalue weighted by molar-refractivity contribution is 0.301. The van der Waals surface area contributed by atoms with Crippen molar-refractivity contribution in [3.63, 3.8) is 0 Å². The number of ether oxygens (including phenoxy) is 1. The summed E-state index contributed by atoms with van der Waals surface area (Å²) in [7, 11) is 0. The van der Waals surface area contributed by atoms with Gasteiger partial charge in [-0.15, -0.1) is 0 Å². The number of hydrogen-bond acceptors (Lipinski definition) is 2. The van der Waals surface area contributed by atoms with Gasteiger partial charge in [-0.2, -0.15) is 0 Å². The molecule has 0 aliphatic heterocycles. The zero-order chi connectivity index (χ0) is 14.7. The summed E-state index contributed by atoms with van der Waals surface area (Å²) < 4.78 is 7.14. The Morgan fingerprint density at radius 2 is 1.60 bits per heavy atom. The Balaban J connectivity index is 2.16. The largest absolute Gasteiger partial charge is 0.488 e. The second-order valence-electron chi connectivity index (χ2n) is 5.06. The smallest absolute Gasteiger partial charge is 0.125 e. The highest BCUT2D eigenvalue weighted by Gasteiger charge is 2.10. The van der Waals surface area contributed by atoms with Crippen molar-refractivity contribution in [3.8, 4) is 5.75 Å². The molecule has 2 rings (SSSR count). The fraction of sp³-hybridized carbons (Fsp3) is 0.294. The van der Waals surface area contributed by atoms with Gasteiger partial charge in [0.2, 0.25) is 0 Å². The molecule has 0 fully saturated rings. The van der Waals surface area contributed by atoms with Crippen LogP contribution in [0.2, 0.25) is 0 Å². The molecule has 0 aliphatic rings. The van der Waals surface area contributed by atoms with Crippen molar-refractivity contribution in [1.29, 1.82) is 0 Å². The highest BCUT2D eigenvalue weighted by atomic mass is 79.9. The summed E-state index contributed by atoms with van der Waals surface area (Å²) in [5.74, 6) is 0.980. The molecule has 0 saturated heterocycles. The number of rotatable bonds is 4. The van der Waals surface area contributed by atoms with Crippen LogP contribution in [0.1, 0.15) is 27.8 Å². The zero-order valence-electron chi connectivity index (χ0n) is 12.2. The molecule has 0 unspecified atom stereocenters. The average Bonchev–Trinajstić information content (AvgIpc) is 2.45. The van der Waals surface area contributed by atoms with E-state index < -0.39 is 0 Å². The van der Waals surface area contributed by atoms with E-state index in [1.54, 1.807) is 0 Å². The van der Waals surface area contributed by atoms with Crippen LogP contribution in [-0.4, -0.2) is 0 Å². The first-order valence-electron chi connectivity index (χ1n) is 6.70. The van der Waals surface area contributed by atoms with E-state index in [9.17, 15) is 0 Å². The molecule has 0 spiro atoms. The van der Waals surface area contributed by atoms with E-state index >= 15 is 0 Å². The van der Waals surface area contributed by atoms with Crippen LogP contribution >= 0.6 is 15.9 Å². The van der Waals surface area contributed by atoms with E-state index in [4.69, 9.17) is 10.5 Å². The van der Waals surface area contributed by atoms with Crippen LogP contribution in [0, 0.1) is 20.8 Å². The molecule has 0 saturated carbocycles. The van der Waals surface area contributed by atoms with E-state index in [2.05, 4.69) is 54.9 Å². The minimum Gasteiger partial charge on any atom is -0.488 e. The lowest BCUT2D eigenvalue weighted by Gasteiger charge is -2.15. The maximum absolute atomic E-state index is 6.01. The molecule has 3 heteroatoms. The Morgan fingerprint density at radius 1 is 1.00 bits per heavy atom. The second kappa shape index (κ2) is 6.42. The molecule has 2 aromatic carbocycles. The van der Waals surface area contributed by atoms with E-state index in [0.717, 1.165) is 26.9 Å². The van der Waals surface area contributed by atoms with Crippen molar-refractivity contribution in [1.82, 2.24) is 0 Å². The van der Waals surface area contributed by atoms with Gasteiger partial charge in [-0.05, 0) is 54.7 Å². The van der Waals surface area contributed by atoms with E-state index in [-0.39, 0.29) is 0 Å². The first kappa shape index (κ1) is 15.1. The standard InChI is InChI=1S/C17H20BrNO/c1-11-8-16(18)12(2)13(3)17(11)20-10-15-6-4-14(9-19)5-7-15/h4-8H,9-10,19H2,1-3H3. The molecule has 2 aromatic rings. The quantitative estimate of drug-likeness (QED) is 0.899. The van der Waals surface area contributed by atoms with Gasteiger partial charge in [0.25, 0.3) is 0 Å². The number of aryl methyl sites for hydroxylation is 1. The normalized spacial score (nSPS) is 10.7. The van der Waals surface area contributed by atoms with Crippen LogP contribution in [-0.2, 0) is 13.2 Å². The summed E-state index contributed by atoms with van der Waals surface area (Å²) >= 11 is 3.58. The van der Waals surface area contributed by atoms with Crippen molar-refractivity contribution in [2.75, 3.05) is 0 Å². The minimum atomic E-state index is 0.575. The van der Waals surface area contributed by atoms with E-state index in [1.807, 2.05) is 12.1 Å². The monoisotopic (exact) mass is 333 g/mol. The van der Waals surface area contributed by atoms with Crippen LogP contribution in [0.4, 0.5) is 0 Å². The fourth-order valence-electron chi connectivity index (χ4n) is 2.16. The molecule has 0 bridgehead atoms. The molecule has 106 valence electrons.